The van der Waals surface area contributed by atoms with Crippen LogP contribution in [0.25, 0.3) is 6.08 Å². The summed E-state index contributed by atoms with van der Waals surface area (Å²) in [5.74, 6) is 1.49. The van der Waals surface area contributed by atoms with Crippen LogP contribution >= 0.6 is 0 Å². The van der Waals surface area contributed by atoms with Crippen molar-refractivity contribution in [2.45, 2.75) is 0 Å². The Hall–Kier alpha value is -2.95. The lowest BCUT2D eigenvalue weighted by atomic mass is 10.1. The summed E-state index contributed by atoms with van der Waals surface area (Å²) in [5, 5.41) is 9.73. The number of benzene rings is 2. The van der Waals surface area contributed by atoms with Gasteiger partial charge in [-0.3, -0.25) is 4.79 Å². The first-order valence-electron chi connectivity index (χ1n) is 7.16. The maximum atomic E-state index is 12.2. The molecule has 1 aliphatic rings. The topological polar surface area (TPSA) is 65.0 Å². The van der Waals surface area contributed by atoms with E-state index in [0.29, 0.717) is 41.6 Å². The zero-order valence-electron chi connectivity index (χ0n) is 12.6. The molecule has 0 spiro atoms. The van der Waals surface area contributed by atoms with Crippen molar-refractivity contribution in [3.8, 4) is 23.0 Å². The van der Waals surface area contributed by atoms with E-state index >= 15 is 0 Å². The Balaban J connectivity index is 1.77. The molecule has 0 radical (unpaired) electrons. The van der Waals surface area contributed by atoms with Gasteiger partial charge in [-0.05, 0) is 42.0 Å². The average molecular weight is 312 g/mol. The summed E-state index contributed by atoms with van der Waals surface area (Å²) in [4.78, 5) is 12.2. The number of carbonyl (C=O) groups excluding carboxylic acids is 1. The monoisotopic (exact) mass is 312 g/mol. The number of rotatable bonds is 4. The van der Waals surface area contributed by atoms with Gasteiger partial charge in [0.25, 0.3) is 0 Å². The number of methoxy groups -OCH3 is 1. The first-order chi connectivity index (χ1) is 11.2. The van der Waals surface area contributed by atoms with Gasteiger partial charge in [-0.25, -0.2) is 0 Å². The Bertz CT molecular complexity index is 764. The van der Waals surface area contributed by atoms with Crippen LogP contribution in [-0.2, 0) is 0 Å². The number of aromatic hydroxyl groups is 1. The quantitative estimate of drug-likeness (QED) is 0.694. The number of hydrogen-bond acceptors (Lipinski definition) is 5. The van der Waals surface area contributed by atoms with Crippen molar-refractivity contribution in [3.05, 3.63) is 53.6 Å². The summed E-state index contributed by atoms with van der Waals surface area (Å²) >= 11 is 0. The molecule has 5 nitrogen and oxygen atoms in total. The molecule has 23 heavy (non-hydrogen) atoms. The van der Waals surface area contributed by atoms with Gasteiger partial charge in [-0.1, -0.05) is 12.1 Å². The van der Waals surface area contributed by atoms with Gasteiger partial charge in [-0.2, -0.15) is 0 Å². The summed E-state index contributed by atoms with van der Waals surface area (Å²) in [6.45, 7) is 0.993. The Morgan fingerprint density at radius 3 is 2.65 bits per heavy atom. The molecular formula is C18H16O5. The highest BCUT2D eigenvalue weighted by Gasteiger charge is 2.13. The van der Waals surface area contributed by atoms with Crippen LogP contribution in [0.15, 0.2) is 42.5 Å². The van der Waals surface area contributed by atoms with E-state index in [9.17, 15) is 9.90 Å². The number of carbonyl (C=O) groups is 1. The SMILES string of the molecule is COc1ccc(C=CC(=O)c2ccc3c(c2)OCCO3)cc1O. The summed E-state index contributed by atoms with van der Waals surface area (Å²) in [5.41, 5.74) is 1.22. The Morgan fingerprint density at radius 1 is 1.13 bits per heavy atom. The van der Waals surface area contributed by atoms with Crippen molar-refractivity contribution in [3.63, 3.8) is 0 Å². The highest BCUT2D eigenvalue weighted by Crippen LogP contribution is 2.31. The van der Waals surface area contributed by atoms with Crippen molar-refractivity contribution in [1.29, 1.82) is 0 Å². The van der Waals surface area contributed by atoms with Gasteiger partial charge in [0.05, 0.1) is 7.11 Å². The highest BCUT2D eigenvalue weighted by molar-refractivity contribution is 6.07. The second-order valence-electron chi connectivity index (χ2n) is 4.99. The standard InChI is InChI=1S/C18H16O5/c1-21-16-6-3-12(10-15(16)20)2-5-14(19)13-4-7-17-18(11-13)23-9-8-22-17/h2-7,10-11,20H,8-9H2,1H3. The van der Waals surface area contributed by atoms with Gasteiger partial charge in [0.15, 0.2) is 28.8 Å². The van der Waals surface area contributed by atoms with Crippen molar-refractivity contribution in [2.24, 2.45) is 0 Å². The van der Waals surface area contributed by atoms with Crippen LogP contribution in [0.2, 0.25) is 0 Å². The summed E-state index contributed by atoms with van der Waals surface area (Å²) in [6, 6.07) is 10.0. The fourth-order valence-electron chi connectivity index (χ4n) is 2.28. The van der Waals surface area contributed by atoms with Crippen molar-refractivity contribution < 1.29 is 24.1 Å². The second kappa shape index (κ2) is 6.44. The minimum atomic E-state index is -0.155. The molecule has 2 aromatic carbocycles. The Morgan fingerprint density at radius 2 is 1.91 bits per heavy atom. The molecule has 0 atom stereocenters. The molecule has 1 aliphatic heterocycles. The molecule has 2 aromatic rings. The van der Waals surface area contributed by atoms with E-state index in [-0.39, 0.29) is 11.5 Å². The molecule has 0 aromatic heterocycles. The van der Waals surface area contributed by atoms with E-state index in [1.165, 1.54) is 19.3 Å². The van der Waals surface area contributed by atoms with Crippen molar-refractivity contribution in [1.82, 2.24) is 0 Å². The van der Waals surface area contributed by atoms with Crippen molar-refractivity contribution >= 4 is 11.9 Å². The van der Waals surface area contributed by atoms with Gasteiger partial charge in [0.1, 0.15) is 13.2 Å². The van der Waals surface area contributed by atoms with E-state index in [1.807, 2.05) is 0 Å². The average Bonchev–Trinajstić information content (AvgIpc) is 2.59. The lowest BCUT2D eigenvalue weighted by Crippen LogP contribution is -2.15. The van der Waals surface area contributed by atoms with Crippen LogP contribution in [0.4, 0.5) is 0 Å². The Kier molecular flexibility index (Phi) is 4.19. The normalized spacial score (nSPS) is 13.1. The van der Waals surface area contributed by atoms with Crippen LogP contribution in [0.5, 0.6) is 23.0 Å². The first-order valence-corrected chi connectivity index (χ1v) is 7.16. The molecule has 0 saturated heterocycles. The molecule has 118 valence electrons. The number of ketones is 1. The summed E-state index contributed by atoms with van der Waals surface area (Å²) in [6.07, 6.45) is 3.09. The van der Waals surface area contributed by atoms with E-state index in [4.69, 9.17) is 14.2 Å². The van der Waals surface area contributed by atoms with Gasteiger partial charge in [0, 0.05) is 5.56 Å². The molecule has 5 heteroatoms. The third kappa shape index (κ3) is 3.29. The van der Waals surface area contributed by atoms with Crippen LogP contribution in [0.3, 0.4) is 0 Å². The number of allylic oxidation sites excluding steroid dienone is 1. The zero-order chi connectivity index (χ0) is 16.2. The second-order valence-corrected chi connectivity index (χ2v) is 4.99. The minimum Gasteiger partial charge on any atom is -0.504 e. The molecule has 0 bridgehead atoms. The molecule has 0 saturated carbocycles. The van der Waals surface area contributed by atoms with E-state index in [0.717, 1.165) is 0 Å². The minimum absolute atomic E-state index is 0.0291. The number of phenolic OH excluding ortho intramolecular Hbond substituents is 1. The van der Waals surface area contributed by atoms with Crippen LogP contribution in [-0.4, -0.2) is 31.2 Å². The molecule has 1 N–H and O–H groups in total. The van der Waals surface area contributed by atoms with Gasteiger partial charge < -0.3 is 19.3 Å². The first kappa shape index (κ1) is 15.0. The molecular weight excluding hydrogens is 296 g/mol. The number of ether oxygens (including phenoxy) is 3. The maximum Gasteiger partial charge on any atom is 0.185 e. The largest absolute Gasteiger partial charge is 0.504 e. The molecule has 3 rings (SSSR count). The fourth-order valence-corrected chi connectivity index (χ4v) is 2.28. The predicted octanol–water partition coefficient (Wildman–Crippen LogP) is 3.07. The van der Waals surface area contributed by atoms with E-state index in [2.05, 4.69) is 0 Å². The zero-order valence-corrected chi connectivity index (χ0v) is 12.6. The lowest BCUT2D eigenvalue weighted by Gasteiger charge is -2.18. The summed E-state index contributed by atoms with van der Waals surface area (Å²) < 4.78 is 15.9. The van der Waals surface area contributed by atoms with E-state index in [1.54, 1.807) is 36.4 Å². The smallest absolute Gasteiger partial charge is 0.185 e. The third-order valence-corrected chi connectivity index (χ3v) is 3.46. The number of phenols is 1. The van der Waals surface area contributed by atoms with E-state index < -0.39 is 0 Å². The molecule has 0 aliphatic carbocycles. The van der Waals surface area contributed by atoms with Crippen LogP contribution < -0.4 is 14.2 Å². The fraction of sp³-hybridized carbons (Fsp3) is 0.167. The van der Waals surface area contributed by atoms with Gasteiger partial charge in [-0.15, -0.1) is 0 Å². The lowest BCUT2D eigenvalue weighted by molar-refractivity contribution is 0.104. The molecule has 0 amide bonds. The molecule has 1 heterocycles. The van der Waals surface area contributed by atoms with Crippen molar-refractivity contribution in [2.75, 3.05) is 20.3 Å². The van der Waals surface area contributed by atoms with Gasteiger partial charge >= 0.3 is 0 Å². The highest BCUT2D eigenvalue weighted by atomic mass is 16.6. The summed E-state index contributed by atoms with van der Waals surface area (Å²) in [7, 11) is 1.48. The van der Waals surface area contributed by atoms with Gasteiger partial charge in [0.2, 0.25) is 0 Å². The number of fused-ring (bicyclic) bond motifs is 1. The van der Waals surface area contributed by atoms with Crippen LogP contribution in [0.1, 0.15) is 15.9 Å². The Labute approximate surface area is 133 Å². The predicted molar refractivity (Wildman–Crippen MR) is 85.5 cm³/mol. The molecule has 0 fully saturated rings. The maximum absolute atomic E-state index is 12.2. The molecule has 0 unspecified atom stereocenters. The third-order valence-electron chi connectivity index (χ3n) is 3.46. The number of hydrogen-bond donors (Lipinski definition) is 1. The van der Waals surface area contributed by atoms with Crippen LogP contribution in [0, 0.1) is 0 Å².